The summed E-state index contributed by atoms with van der Waals surface area (Å²) in [4.78, 5) is 16.8. The van der Waals surface area contributed by atoms with Gasteiger partial charge in [-0.25, -0.2) is 4.39 Å². The Hall–Kier alpha value is -1.42. The fraction of sp³-hybridized carbons (Fsp3) is 0.588. The van der Waals surface area contributed by atoms with Crippen molar-refractivity contribution in [2.75, 3.05) is 19.6 Å². The Labute approximate surface area is 126 Å². The van der Waals surface area contributed by atoms with Gasteiger partial charge in [0.1, 0.15) is 5.82 Å². The Morgan fingerprint density at radius 3 is 2.52 bits per heavy atom. The quantitative estimate of drug-likeness (QED) is 0.852. The summed E-state index contributed by atoms with van der Waals surface area (Å²) in [5.41, 5.74) is 0.986. The molecule has 0 spiro atoms. The largest absolute Gasteiger partial charge is 0.334 e. The molecule has 116 valence electrons. The molecule has 0 radical (unpaired) electrons. The number of carbonyl (C=O) groups is 1. The van der Waals surface area contributed by atoms with E-state index < -0.39 is 0 Å². The van der Waals surface area contributed by atoms with E-state index in [1.807, 2.05) is 4.90 Å². The average Bonchev–Trinajstić information content (AvgIpc) is 2.62. The molecule has 0 bridgehead atoms. The highest BCUT2D eigenvalue weighted by Gasteiger charge is 2.31. The van der Waals surface area contributed by atoms with Crippen LogP contribution in [0.4, 0.5) is 4.39 Å². The number of carbonyl (C=O) groups excluding carboxylic acids is 1. The van der Waals surface area contributed by atoms with Gasteiger partial charge in [-0.1, -0.05) is 32.9 Å². The van der Waals surface area contributed by atoms with Crippen molar-refractivity contribution in [1.29, 1.82) is 0 Å². The Morgan fingerprint density at radius 2 is 1.95 bits per heavy atom. The smallest absolute Gasteiger partial charge is 0.224 e. The highest BCUT2D eigenvalue weighted by Crippen LogP contribution is 2.20. The summed E-state index contributed by atoms with van der Waals surface area (Å²) >= 11 is 0. The lowest BCUT2D eigenvalue weighted by atomic mass is 10.0. The Balaban J connectivity index is 2.19. The maximum atomic E-state index is 13.0. The number of likely N-dealkylation sites (N-methyl/N-ethyl adjacent to an activating group) is 1. The van der Waals surface area contributed by atoms with Crippen LogP contribution < -0.4 is 0 Å². The predicted octanol–water partition coefficient (Wildman–Crippen LogP) is 2.90. The minimum atomic E-state index is -0.237. The zero-order chi connectivity index (χ0) is 15.4. The van der Waals surface area contributed by atoms with Crippen LogP contribution in [0.2, 0.25) is 0 Å². The minimum absolute atomic E-state index is 0.203. The molecule has 1 aromatic rings. The predicted molar refractivity (Wildman–Crippen MR) is 82.3 cm³/mol. The number of rotatable bonds is 4. The number of halogens is 1. The second-order valence-corrected chi connectivity index (χ2v) is 6.10. The van der Waals surface area contributed by atoms with Crippen LogP contribution >= 0.6 is 0 Å². The van der Waals surface area contributed by atoms with Crippen molar-refractivity contribution in [1.82, 2.24) is 9.80 Å². The molecule has 21 heavy (non-hydrogen) atoms. The van der Waals surface area contributed by atoms with Gasteiger partial charge in [0.15, 0.2) is 0 Å². The molecule has 1 aromatic carbocycles. The van der Waals surface area contributed by atoms with Crippen LogP contribution in [0.1, 0.15) is 32.8 Å². The summed E-state index contributed by atoms with van der Waals surface area (Å²) in [7, 11) is 0. The second-order valence-electron chi connectivity index (χ2n) is 6.10. The van der Waals surface area contributed by atoms with E-state index in [9.17, 15) is 9.18 Å². The van der Waals surface area contributed by atoms with Gasteiger partial charge < -0.3 is 9.80 Å². The topological polar surface area (TPSA) is 23.6 Å². The lowest BCUT2D eigenvalue weighted by Crippen LogP contribution is -2.45. The molecule has 1 fully saturated rings. The van der Waals surface area contributed by atoms with E-state index >= 15 is 0 Å². The van der Waals surface area contributed by atoms with E-state index in [1.54, 1.807) is 12.1 Å². The van der Waals surface area contributed by atoms with Crippen LogP contribution in [0.3, 0.4) is 0 Å². The Bertz CT molecular complexity index is 472. The van der Waals surface area contributed by atoms with Gasteiger partial charge in [-0.15, -0.1) is 0 Å². The van der Waals surface area contributed by atoms with Crippen LogP contribution in [0.15, 0.2) is 24.3 Å². The molecule has 1 aliphatic rings. The number of amides is 1. The molecule has 1 saturated heterocycles. The summed E-state index contributed by atoms with van der Waals surface area (Å²) in [5, 5.41) is 0. The van der Waals surface area contributed by atoms with E-state index in [0.29, 0.717) is 18.9 Å². The van der Waals surface area contributed by atoms with E-state index in [1.165, 1.54) is 12.1 Å². The first-order chi connectivity index (χ1) is 10.0. The van der Waals surface area contributed by atoms with Crippen molar-refractivity contribution in [3.05, 3.63) is 35.6 Å². The molecule has 0 N–H and O–H groups in total. The molecule has 1 atom stereocenters. The number of benzene rings is 1. The maximum absolute atomic E-state index is 13.0. The number of nitrogens with zero attached hydrogens (tertiary/aromatic N) is 2. The summed E-state index contributed by atoms with van der Waals surface area (Å²) in [6.07, 6.45) is 0.568. The third-order valence-corrected chi connectivity index (χ3v) is 4.29. The molecule has 0 saturated carbocycles. The highest BCUT2D eigenvalue weighted by molar-refractivity contribution is 5.77. The number of hydrogen-bond donors (Lipinski definition) is 0. The van der Waals surface area contributed by atoms with Crippen molar-refractivity contribution in [2.24, 2.45) is 5.92 Å². The van der Waals surface area contributed by atoms with Gasteiger partial charge in [-0.05, 0) is 30.2 Å². The SMILES string of the molecule is CCN1CCC(=O)N(Cc2ccc(F)cc2)C(C(C)C)C1. The van der Waals surface area contributed by atoms with Crippen LogP contribution in [0, 0.1) is 11.7 Å². The molecule has 1 amide bonds. The fourth-order valence-corrected chi connectivity index (χ4v) is 2.89. The van der Waals surface area contributed by atoms with E-state index in [-0.39, 0.29) is 17.8 Å². The van der Waals surface area contributed by atoms with Crippen LogP contribution in [0.5, 0.6) is 0 Å². The van der Waals surface area contributed by atoms with Crippen molar-refractivity contribution >= 4 is 5.91 Å². The van der Waals surface area contributed by atoms with Gasteiger partial charge in [0.25, 0.3) is 0 Å². The van der Waals surface area contributed by atoms with Crippen LogP contribution in [0.25, 0.3) is 0 Å². The highest BCUT2D eigenvalue weighted by atomic mass is 19.1. The van der Waals surface area contributed by atoms with Gasteiger partial charge in [-0.3, -0.25) is 4.79 Å². The summed E-state index contributed by atoms with van der Waals surface area (Å²) in [5.74, 6) is 0.369. The molecule has 1 heterocycles. The number of hydrogen-bond acceptors (Lipinski definition) is 2. The van der Waals surface area contributed by atoms with Gasteiger partial charge >= 0.3 is 0 Å². The first-order valence-electron chi connectivity index (χ1n) is 7.77. The average molecular weight is 292 g/mol. The Morgan fingerprint density at radius 1 is 1.29 bits per heavy atom. The van der Waals surface area contributed by atoms with Crippen molar-refractivity contribution < 1.29 is 9.18 Å². The van der Waals surface area contributed by atoms with E-state index in [0.717, 1.165) is 25.2 Å². The van der Waals surface area contributed by atoms with Crippen molar-refractivity contribution in [3.63, 3.8) is 0 Å². The lowest BCUT2D eigenvalue weighted by Gasteiger charge is -2.34. The monoisotopic (exact) mass is 292 g/mol. The fourth-order valence-electron chi connectivity index (χ4n) is 2.89. The molecule has 2 rings (SSSR count). The van der Waals surface area contributed by atoms with Gasteiger partial charge in [0, 0.05) is 32.1 Å². The zero-order valence-electron chi connectivity index (χ0n) is 13.2. The third kappa shape index (κ3) is 4.03. The normalized spacial score (nSPS) is 20.9. The Kier molecular flexibility index (Phi) is 5.34. The minimum Gasteiger partial charge on any atom is -0.334 e. The maximum Gasteiger partial charge on any atom is 0.224 e. The standard InChI is InChI=1S/C17H25FN2O/c1-4-19-10-9-17(21)20(16(12-19)13(2)3)11-14-5-7-15(18)8-6-14/h5-8,13,16H,4,9-12H2,1-3H3. The molecule has 1 unspecified atom stereocenters. The second kappa shape index (κ2) is 7.03. The molecular formula is C17H25FN2O. The summed E-state index contributed by atoms with van der Waals surface area (Å²) < 4.78 is 13.0. The van der Waals surface area contributed by atoms with Crippen LogP contribution in [-0.4, -0.2) is 41.4 Å². The first kappa shape index (κ1) is 16.0. The third-order valence-electron chi connectivity index (χ3n) is 4.29. The van der Waals surface area contributed by atoms with Crippen molar-refractivity contribution in [3.8, 4) is 0 Å². The van der Waals surface area contributed by atoms with Gasteiger partial charge in [-0.2, -0.15) is 0 Å². The molecule has 0 aliphatic carbocycles. The molecule has 1 aliphatic heterocycles. The summed E-state index contributed by atoms with van der Waals surface area (Å²) in [6, 6.07) is 6.66. The van der Waals surface area contributed by atoms with E-state index in [4.69, 9.17) is 0 Å². The molecule has 3 nitrogen and oxygen atoms in total. The van der Waals surface area contributed by atoms with E-state index in [2.05, 4.69) is 25.7 Å². The molecule has 4 heteroatoms. The van der Waals surface area contributed by atoms with Crippen molar-refractivity contribution in [2.45, 2.75) is 39.8 Å². The first-order valence-corrected chi connectivity index (χ1v) is 7.77. The van der Waals surface area contributed by atoms with Crippen LogP contribution in [-0.2, 0) is 11.3 Å². The van der Waals surface area contributed by atoms with Gasteiger partial charge in [0.05, 0.1) is 0 Å². The van der Waals surface area contributed by atoms with Gasteiger partial charge in [0.2, 0.25) is 5.91 Å². The summed E-state index contributed by atoms with van der Waals surface area (Å²) in [6.45, 7) is 9.75. The zero-order valence-corrected chi connectivity index (χ0v) is 13.2. The lowest BCUT2D eigenvalue weighted by molar-refractivity contribution is -0.134. The molecule has 0 aromatic heterocycles. The molecular weight excluding hydrogens is 267 g/mol.